The van der Waals surface area contributed by atoms with Gasteiger partial charge in [0.25, 0.3) is 0 Å². The average Bonchev–Trinajstić information content (AvgIpc) is 2.63. The van der Waals surface area contributed by atoms with Crippen molar-refractivity contribution in [3.05, 3.63) is 23.7 Å². The van der Waals surface area contributed by atoms with Crippen molar-refractivity contribution in [1.82, 2.24) is 5.32 Å². The molecule has 0 aliphatic heterocycles. The monoisotopic (exact) mass is 250 g/mol. The van der Waals surface area contributed by atoms with Gasteiger partial charge in [0.05, 0.1) is 6.54 Å². The normalized spacial score (nSPS) is 11.4. The molecule has 0 atom stereocenters. The summed E-state index contributed by atoms with van der Waals surface area (Å²) in [6, 6.07) is 4.95. The number of nitrogens with zero attached hydrogens (tertiary/aromatic N) is 1. The maximum Gasteiger partial charge on any atom is 0.441 e. The van der Waals surface area contributed by atoms with Crippen LogP contribution in [0, 0.1) is 11.3 Å². The van der Waals surface area contributed by atoms with E-state index in [2.05, 4.69) is 5.32 Å². The largest absolute Gasteiger partial charge is 0.449 e. The highest BCUT2D eigenvalue weighted by Gasteiger charge is 2.27. The molecule has 1 heterocycles. The van der Waals surface area contributed by atoms with E-state index in [0.29, 0.717) is 12.3 Å². The molecule has 0 aliphatic rings. The van der Waals surface area contributed by atoms with Crippen molar-refractivity contribution in [1.29, 1.82) is 5.26 Å². The van der Waals surface area contributed by atoms with E-state index in [1.807, 2.05) is 6.07 Å². The van der Waals surface area contributed by atoms with Gasteiger partial charge in [-0.3, -0.25) is 0 Å². The fourth-order valence-electron chi connectivity index (χ4n) is 0.984. The molecule has 1 aromatic heterocycles. The predicted octanol–water partition coefficient (Wildman–Crippen LogP) is 2.49. The summed E-state index contributed by atoms with van der Waals surface area (Å²) in [4.78, 5) is 0. The summed E-state index contributed by atoms with van der Waals surface area (Å²) in [7, 11) is 0. The number of hydrogen-bond acceptors (Lipinski definition) is 4. The predicted molar refractivity (Wildman–Crippen MR) is 53.6 cm³/mol. The molecule has 1 N–H and O–H groups in total. The van der Waals surface area contributed by atoms with Gasteiger partial charge in [-0.15, -0.1) is 0 Å². The van der Waals surface area contributed by atoms with Gasteiger partial charge in [-0.05, 0) is 23.9 Å². The second-order valence-electron chi connectivity index (χ2n) is 2.85. The van der Waals surface area contributed by atoms with Crippen LogP contribution in [0.25, 0.3) is 0 Å². The van der Waals surface area contributed by atoms with Crippen LogP contribution in [0.2, 0.25) is 0 Å². The molecule has 0 fully saturated rings. The van der Waals surface area contributed by atoms with E-state index in [1.165, 1.54) is 6.07 Å². The lowest BCUT2D eigenvalue weighted by atomic mass is 10.4. The first-order chi connectivity index (χ1) is 7.51. The van der Waals surface area contributed by atoms with Gasteiger partial charge in [0.2, 0.25) is 5.76 Å². The summed E-state index contributed by atoms with van der Waals surface area (Å²) in [5, 5.41) is 11.2. The Morgan fingerprint density at radius 1 is 1.44 bits per heavy atom. The first-order valence-corrected chi connectivity index (χ1v) is 5.40. The van der Waals surface area contributed by atoms with E-state index in [1.54, 1.807) is 6.07 Å². The van der Waals surface area contributed by atoms with Crippen LogP contribution >= 0.6 is 11.8 Å². The van der Waals surface area contributed by atoms with Gasteiger partial charge in [0, 0.05) is 12.3 Å². The van der Waals surface area contributed by atoms with Crippen LogP contribution in [0.5, 0.6) is 0 Å². The third-order valence-corrected chi connectivity index (χ3v) is 2.35. The van der Waals surface area contributed by atoms with E-state index in [9.17, 15) is 13.2 Å². The van der Waals surface area contributed by atoms with E-state index >= 15 is 0 Å². The first kappa shape index (κ1) is 12.9. The van der Waals surface area contributed by atoms with Crippen LogP contribution < -0.4 is 5.32 Å². The van der Waals surface area contributed by atoms with Gasteiger partial charge in [0.1, 0.15) is 11.8 Å². The highest BCUT2D eigenvalue weighted by atomic mass is 32.2. The van der Waals surface area contributed by atoms with Gasteiger partial charge in [-0.2, -0.15) is 18.4 Å². The first-order valence-electron chi connectivity index (χ1n) is 4.41. The maximum atomic E-state index is 11.7. The molecular weight excluding hydrogens is 241 g/mol. The molecule has 3 nitrogen and oxygen atoms in total. The zero-order chi connectivity index (χ0) is 12.0. The standard InChI is InChI=1S/C9H9F3N2OS/c10-9(11,12)16-4-3-14-6-8-2-1-7(5-13)15-8/h1-2,14H,3-4,6H2. The minimum absolute atomic E-state index is 0.0463. The molecule has 0 aromatic carbocycles. The Hall–Kier alpha value is -1.13. The molecule has 0 spiro atoms. The van der Waals surface area contributed by atoms with Crippen LogP contribution in [0.1, 0.15) is 11.5 Å². The van der Waals surface area contributed by atoms with Crippen molar-refractivity contribution < 1.29 is 17.6 Å². The highest BCUT2D eigenvalue weighted by Crippen LogP contribution is 2.29. The third-order valence-electron chi connectivity index (χ3n) is 1.62. The number of alkyl halides is 3. The van der Waals surface area contributed by atoms with Gasteiger partial charge >= 0.3 is 5.51 Å². The number of nitrogens with one attached hydrogen (secondary N) is 1. The molecule has 1 rings (SSSR count). The number of hydrogen-bond donors (Lipinski definition) is 1. The van der Waals surface area contributed by atoms with Crippen molar-refractivity contribution in [3.8, 4) is 6.07 Å². The molecule has 0 radical (unpaired) electrons. The lowest BCUT2D eigenvalue weighted by Gasteiger charge is -2.05. The van der Waals surface area contributed by atoms with E-state index < -0.39 is 5.51 Å². The molecule has 0 saturated heterocycles. The average molecular weight is 250 g/mol. The Bertz CT molecular complexity index is 370. The van der Waals surface area contributed by atoms with Crippen LogP contribution in [0.15, 0.2) is 16.5 Å². The molecule has 0 aliphatic carbocycles. The zero-order valence-electron chi connectivity index (χ0n) is 8.17. The number of nitriles is 1. The third kappa shape index (κ3) is 5.09. The van der Waals surface area contributed by atoms with E-state index in [0.717, 1.165) is 0 Å². The van der Waals surface area contributed by atoms with Crippen molar-refractivity contribution in [2.75, 3.05) is 12.3 Å². The topological polar surface area (TPSA) is 49.0 Å². The van der Waals surface area contributed by atoms with Gasteiger partial charge in [-0.1, -0.05) is 0 Å². The molecule has 16 heavy (non-hydrogen) atoms. The van der Waals surface area contributed by atoms with Gasteiger partial charge in [-0.25, -0.2) is 0 Å². The molecular formula is C9H9F3N2OS. The fraction of sp³-hybridized carbons (Fsp3) is 0.444. The second-order valence-corrected chi connectivity index (χ2v) is 4.01. The minimum atomic E-state index is -4.18. The second kappa shape index (κ2) is 5.82. The van der Waals surface area contributed by atoms with E-state index in [-0.39, 0.29) is 29.8 Å². The van der Waals surface area contributed by atoms with Gasteiger partial charge < -0.3 is 9.73 Å². The van der Waals surface area contributed by atoms with E-state index in [4.69, 9.17) is 9.68 Å². The quantitative estimate of drug-likeness (QED) is 0.816. The summed E-state index contributed by atoms with van der Waals surface area (Å²) < 4.78 is 40.2. The Morgan fingerprint density at radius 2 is 2.19 bits per heavy atom. The molecule has 88 valence electrons. The lowest BCUT2D eigenvalue weighted by Crippen LogP contribution is -2.18. The summed E-state index contributed by atoms with van der Waals surface area (Å²) in [5.41, 5.74) is -4.18. The molecule has 1 aromatic rings. The number of thioether (sulfide) groups is 1. The van der Waals surface area contributed by atoms with Crippen LogP contribution in [0.4, 0.5) is 13.2 Å². The summed E-state index contributed by atoms with van der Waals surface area (Å²) in [6.07, 6.45) is 0. The Balaban J connectivity index is 2.14. The molecule has 0 unspecified atom stereocenters. The summed E-state index contributed by atoms with van der Waals surface area (Å²) in [5.74, 6) is 0.685. The fourth-order valence-corrected chi connectivity index (χ4v) is 1.46. The SMILES string of the molecule is N#Cc1ccc(CNCCSC(F)(F)F)o1. The van der Waals surface area contributed by atoms with Crippen molar-refractivity contribution in [2.24, 2.45) is 0 Å². The lowest BCUT2D eigenvalue weighted by molar-refractivity contribution is -0.0327. The van der Waals surface area contributed by atoms with Crippen LogP contribution in [-0.4, -0.2) is 17.8 Å². The van der Waals surface area contributed by atoms with Crippen LogP contribution in [-0.2, 0) is 6.54 Å². The smallest absolute Gasteiger partial charge is 0.441 e. The molecule has 0 bridgehead atoms. The Morgan fingerprint density at radius 3 is 2.75 bits per heavy atom. The minimum Gasteiger partial charge on any atom is -0.449 e. The number of furan rings is 1. The zero-order valence-corrected chi connectivity index (χ0v) is 8.99. The van der Waals surface area contributed by atoms with Crippen LogP contribution in [0.3, 0.4) is 0 Å². The maximum absolute atomic E-state index is 11.7. The summed E-state index contributed by atoms with van der Waals surface area (Å²) >= 11 is -0.0670. The Labute approximate surface area is 94.6 Å². The molecule has 7 heteroatoms. The Kier molecular flexibility index (Phi) is 4.71. The number of rotatable bonds is 5. The number of halogens is 3. The molecule has 0 amide bonds. The van der Waals surface area contributed by atoms with Crippen molar-refractivity contribution >= 4 is 11.8 Å². The van der Waals surface area contributed by atoms with Gasteiger partial charge in [0.15, 0.2) is 0 Å². The van der Waals surface area contributed by atoms with Crippen molar-refractivity contribution in [2.45, 2.75) is 12.1 Å². The summed E-state index contributed by atoms with van der Waals surface area (Å²) in [6.45, 7) is 0.548. The molecule has 0 saturated carbocycles. The highest BCUT2D eigenvalue weighted by molar-refractivity contribution is 8.00. The van der Waals surface area contributed by atoms with Crippen molar-refractivity contribution in [3.63, 3.8) is 0 Å².